The lowest BCUT2D eigenvalue weighted by Gasteiger charge is -2.17. The summed E-state index contributed by atoms with van der Waals surface area (Å²) in [6.45, 7) is 3.57. The first-order valence-electron chi connectivity index (χ1n) is 7.48. The Bertz CT molecular complexity index is 407. The van der Waals surface area contributed by atoms with Crippen LogP contribution in [0, 0.1) is 6.92 Å². The Labute approximate surface area is 135 Å². The van der Waals surface area contributed by atoms with E-state index in [2.05, 4.69) is 21.2 Å². The molecule has 1 aliphatic rings. The van der Waals surface area contributed by atoms with Gasteiger partial charge in [-0.05, 0) is 37.5 Å². The zero-order chi connectivity index (χ0) is 14.4. The maximum absolute atomic E-state index is 6.21. The molecule has 0 radical (unpaired) electrons. The second-order valence-corrected chi connectivity index (χ2v) is 6.85. The van der Waals surface area contributed by atoms with Gasteiger partial charge in [-0.25, -0.2) is 0 Å². The van der Waals surface area contributed by atoms with E-state index in [1.165, 1.54) is 38.5 Å². The Morgan fingerprint density at radius 3 is 2.60 bits per heavy atom. The number of halogens is 2. The van der Waals surface area contributed by atoms with Gasteiger partial charge < -0.3 is 10.1 Å². The molecule has 1 aromatic rings. The summed E-state index contributed by atoms with van der Waals surface area (Å²) in [5, 5.41) is 4.28. The lowest BCUT2D eigenvalue weighted by atomic mass is 10.1. The van der Waals surface area contributed by atoms with E-state index >= 15 is 0 Å². The number of nitrogens with one attached hydrogen (secondary N) is 1. The predicted molar refractivity (Wildman–Crippen MR) is 88.9 cm³/mol. The van der Waals surface area contributed by atoms with Gasteiger partial charge in [0.05, 0.1) is 5.02 Å². The van der Waals surface area contributed by atoms with E-state index in [1.54, 1.807) is 0 Å². The number of aryl methyl sites for hydroxylation is 1. The fourth-order valence-corrected chi connectivity index (χ4v) is 3.80. The highest BCUT2D eigenvalue weighted by molar-refractivity contribution is 9.10. The predicted octanol–water partition coefficient (Wildman–Crippen LogP) is 5.10. The van der Waals surface area contributed by atoms with Crippen LogP contribution in [0.5, 0.6) is 5.75 Å². The van der Waals surface area contributed by atoms with Crippen LogP contribution in [0.25, 0.3) is 0 Å². The summed E-state index contributed by atoms with van der Waals surface area (Å²) in [4.78, 5) is 0. The van der Waals surface area contributed by atoms with Gasteiger partial charge in [-0.3, -0.25) is 0 Å². The molecule has 0 spiro atoms. The summed E-state index contributed by atoms with van der Waals surface area (Å²) in [7, 11) is 0. The molecule has 1 aromatic carbocycles. The van der Waals surface area contributed by atoms with Crippen LogP contribution in [0.2, 0.25) is 5.02 Å². The molecule has 0 heterocycles. The SMILES string of the molecule is Cc1cc(Br)cc(Cl)c1OCCNC1CCCCCC1. The average Bonchev–Trinajstić information content (AvgIpc) is 2.65. The van der Waals surface area contributed by atoms with E-state index in [9.17, 15) is 0 Å². The van der Waals surface area contributed by atoms with Crippen LogP contribution in [0.15, 0.2) is 16.6 Å². The maximum Gasteiger partial charge on any atom is 0.140 e. The Balaban J connectivity index is 1.75. The van der Waals surface area contributed by atoms with Gasteiger partial charge in [0.15, 0.2) is 0 Å². The average molecular weight is 361 g/mol. The van der Waals surface area contributed by atoms with Gasteiger partial charge in [0, 0.05) is 17.1 Å². The van der Waals surface area contributed by atoms with Gasteiger partial charge >= 0.3 is 0 Å². The summed E-state index contributed by atoms with van der Waals surface area (Å²) in [5.74, 6) is 0.803. The Morgan fingerprint density at radius 2 is 1.95 bits per heavy atom. The van der Waals surface area contributed by atoms with Crippen molar-refractivity contribution in [2.45, 2.75) is 51.5 Å². The fraction of sp³-hybridized carbons (Fsp3) is 0.625. The van der Waals surface area contributed by atoms with Crippen LogP contribution in [-0.4, -0.2) is 19.2 Å². The molecule has 1 aliphatic carbocycles. The lowest BCUT2D eigenvalue weighted by Crippen LogP contribution is -2.32. The third kappa shape index (κ3) is 4.94. The molecule has 0 bridgehead atoms. The van der Waals surface area contributed by atoms with Gasteiger partial charge in [-0.2, -0.15) is 0 Å². The molecule has 1 N–H and O–H groups in total. The molecule has 2 rings (SSSR count). The summed E-state index contributed by atoms with van der Waals surface area (Å²) in [6.07, 6.45) is 8.10. The molecule has 0 unspecified atom stereocenters. The minimum absolute atomic E-state index is 0.665. The first-order chi connectivity index (χ1) is 9.66. The number of ether oxygens (including phenoxy) is 1. The van der Waals surface area contributed by atoms with Crippen molar-refractivity contribution in [2.75, 3.05) is 13.2 Å². The molecular formula is C16H23BrClNO. The molecule has 0 aliphatic heterocycles. The van der Waals surface area contributed by atoms with Crippen molar-refractivity contribution in [3.05, 3.63) is 27.2 Å². The molecule has 0 atom stereocenters. The van der Waals surface area contributed by atoms with E-state index in [-0.39, 0.29) is 0 Å². The highest BCUT2D eigenvalue weighted by Gasteiger charge is 2.11. The van der Waals surface area contributed by atoms with E-state index in [0.717, 1.165) is 22.3 Å². The van der Waals surface area contributed by atoms with Crippen molar-refractivity contribution in [2.24, 2.45) is 0 Å². The van der Waals surface area contributed by atoms with Crippen LogP contribution in [0.4, 0.5) is 0 Å². The lowest BCUT2D eigenvalue weighted by molar-refractivity contribution is 0.299. The zero-order valence-electron chi connectivity index (χ0n) is 12.1. The molecule has 0 amide bonds. The molecule has 1 saturated carbocycles. The second-order valence-electron chi connectivity index (χ2n) is 5.52. The van der Waals surface area contributed by atoms with E-state index in [0.29, 0.717) is 17.7 Å². The molecule has 2 nitrogen and oxygen atoms in total. The van der Waals surface area contributed by atoms with Gasteiger partial charge in [0.2, 0.25) is 0 Å². The van der Waals surface area contributed by atoms with Crippen molar-refractivity contribution >= 4 is 27.5 Å². The van der Waals surface area contributed by atoms with Gasteiger partial charge in [0.25, 0.3) is 0 Å². The minimum Gasteiger partial charge on any atom is -0.490 e. The van der Waals surface area contributed by atoms with Gasteiger partial charge in [0.1, 0.15) is 12.4 Å². The quantitative estimate of drug-likeness (QED) is 0.582. The molecule has 0 saturated heterocycles. The standard InChI is InChI=1S/C16H23BrClNO/c1-12-10-13(17)11-15(18)16(12)20-9-8-19-14-6-4-2-3-5-7-14/h10-11,14,19H,2-9H2,1H3. The normalized spacial score (nSPS) is 16.9. The third-order valence-corrected chi connectivity index (χ3v) is 4.57. The summed E-state index contributed by atoms with van der Waals surface area (Å²) < 4.78 is 6.82. The summed E-state index contributed by atoms with van der Waals surface area (Å²) in [6, 6.07) is 4.57. The largest absolute Gasteiger partial charge is 0.490 e. The Hall–Kier alpha value is -0.250. The van der Waals surface area contributed by atoms with Gasteiger partial charge in [-0.15, -0.1) is 0 Å². The highest BCUT2D eigenvalue weighted by Crippen LogP contribution is 2.31. The Morgan fingerprint density at radius 1 is 1.25 bits per heavy atom. The van der Waals surface area contributed by atoms with Crippen molar-refractivity contribution in [3.63, 3.8) is 0 Å². The van der Waals surface area contributed by atoms with E-state index in [4.69, 9.17) is 16.3 Å². The summed E-state index contributed by atoms with van der Waals surface area (Å²) in [5.41, 5.74) is 1.07. The van der Waals surface area contributed by atoms with Crippen molar-refractivity contribution in [1.82, 2.24) is 5.32 Å². The van der Waals surface area contributed by atoms with Crippen molar-refractivity contribution in [1.29, 1.82) is 0 Å². The third-order valence-electron chi connectivity index (χ3n) is 3.83. The number of benzene rings is 1. The van der Waals surface area contributed by atoms with Crippen molar-refractivity contribution < 1.29 is 4.74 Å². The maximum atomic E-state index is 6.21. The van der Waals surface area contributed by atoms with Crippen LogP contribution in [0.3, 0.4) is 0 Å². The summed E-state index contributed by atoms with van der Waals surface area (Å²) >= 11 is 9.64. The van der Waals surface area contributed by atoms with Crippen molar-refractivity contribution in [3.8, 4) is 5.75 Å². The molecule has 4 heteroatoms. The molecule has 1 fully saturated rings. The highest BCUT2D eigenvalue weighted by atomic mass is 79.9. The van der Waals surface area contributed by atoms with Crippen LogP contribution >= 0.6 is 27.5 Å². The topological polar surface area (TPSA) is 21.3 Å². The van der Waals surface area contributed by atoms with Crippen LogP contribution < -0.4 is 10.1 Å². The number of hydrogen-bond acceptors (Lipinski definition) is 2. The number of rotatable bonds is 5. The zero-order valence-corrected chi connectivity index (χ0v) is 14.4. The Kier molecular flexibility index (Phi) is 6.66. The minimum atomic E-state index is 0.665. The molecular weight excluding hydrogens is 338 g/mol. The van der Waals surface area contributed by atoms with E-state index < -0.39 is 0 Å². The molecule has 20 heavy (non-hydrogen) atoms. The van der Waals surface area contributed by atoms with Gasteiger partial charge in [-0.1, -0.05) is 53.2 Å². The fourth-order valence-electron chi connectivity index (χ4n) is 2.77. The smallest absolute Gasteiger partial charge is 0.140 e. The first-order valence-corrected chi connectivity index (χ1v) is 8.66. The van der Waals surface area contributed by atoms with Crippen LogP contribution in [-0.2, 0) is 0 Å². The van der Waals surface area contributed by atoms with E-state index in [1.807, 2.05) is 19.1 Å². The second kappa shape index (κ2) is 8.26. The first kappa shape index (κ1) is 16.1. The molecule has 112 valence electrons. The number of hydrogen-bond donors (Lipinski definition) is 1. The van der Waals surface area contributed by atoms with Crippen LogP contribution in [0.1, 0.15) is 44.1 Å². The molecule has 0 aromatic heterocycles. The monoisotopic (exact) mass is 359 g/mol.